The number of benzene rings is 5. The molecule has 0 unspecified atom stereocenters. The van der Waals surface area contributed by atoms with E-state index in [2.05, 4.69) is 30.4 Å². The number of nitrogens with zero attached hydrogens (tertiary/aromatic N) is 6. The maximum atomic E-state index is 12.2. The second kappa shape index (κ2) is 14.8. The molecular weight excluding hydrogens is 773 g/mol. The number of fused-ring (bicyclic) bond motifs is 2. The molecule has 5 aromatic carbocycles. The van der Waals surface area contributed by atoms with E-state index in [9.17, 15) is 54.2 Å². The predicted molar refractivity (Wildman–Crippen MR) is 196 cm³/mol. The van der Waals surface area contributed by atoms with Crippen LogP contribution in [0.4, 0.5) is 34.1 Å². The summed E-state index contributed by atoms with van der Waals surface area (Å²) in [5.74, 6) is -1.52. The third-order valence-electron chi connectivity index (χ3n) is 7.29. The smallest absolute Gasteiger partial charge is 0.296 e. The summed E-state index contributed by atoms with van der Waals surface area (Å²) in [5, 5.41) is 46.7. The molecular formula is C32H28N6O13S3. The van der Waals surface area contributed by atoms with Crippen molar-refractivity contribution in [2.45, 2.75) is 35.5 Å². The number of aromatic hydroxyl groups is 1. The van der Waals surface area contributed by atoms with Gasteiger partial charge in [-0.2, -0.15) is 25.3 Å². The van der Waals surface area contributed by atoms with Crippen molar-refractivity contribution in [3.05, 3.63) is 66.7 Å². The zero-order valence-corrected chi connectivity index (χ0v) is 30.5. The van der Waals surface area contributed by atoms with E-state index in [0.717, 1.165) is 36.4 Å². The Morgan fingerprint density at radius 2 is 1.20 bits per heavy atom. The van der Waals surface area contributed by atoms with Gasteiger partial charge in [0.15, 0.2) is 17.5 Å². The number of hydrogen-bond donors (Lipinski definition) is 6. The number of phenols is 1. The molecule has 0 spiro atoms. The van der Waals surface area contributed by atoms with Crippen molar-refractivity contribution < 1.29 is 59.0 Å². The topological polar surface area (TPSA) is 307 Å². The number of ether oxygens (including phenoxy) is 1. The number of azo groups is 2. The highest BCUT2D eigenvalue weighted by atomic mass is 32.2. The van der Waals surface area contributed by atoms with Crippen molar-refractivity contribution in [1.82, 2.24) is 0 Å². The Morgan fingerprint density at radius 1 is 0.611 bits per heavy atom. The molecule has 19 nitrogen and oxygen atoms in total. The molecule has 0 fully saturated rings. The van der Waals surface area contributed by atoms with Crippen molar-refractivity contribution in [3.8, 4) is 11.5 Å². The van der Waals surface area contributed by atoms with Crippen LogP contribution in [0, 0.1) is 0 Å². The quantitative estimate of drug-likeness (QED) is 0.0321. The number of aliphatic hydroxyl groups excluding tert-OH is 2. The monoisotopic (exact) mass is 800 g/mol. The number of aliphatic hydroxyl groups is 2. The molecule has 0 atom stereocenters. The van der Waals surface area contributed by atoms with E-state index in [1.807, 2.05) is 0 Å². The molecule has 282 valence electrons. The molecule has 5 aromatic rings. The molecule has 0 saturated heterocycles. The summed E-state index contributed by atoms with van der Waals surface area (Å²) in [5.41, 5.74) is -0.955. The number of rotatable bonds is 11. The van der Waals surface area contributed by atoms with Crippen molar-refractivity contribution in [2.75, 3.05) is 6.61 Å². The molecule has 0 amide bonds. The van der Waals surface area contributed by atoms with Crippen LogP contribution in [0.3, 0.4) is 0 Å². The highest BCUT2D eigenvalue weighted by molar-refractivity contribution is 7.86. The second-order valence-electron chi connectivity index (χ2n) is 11.1. The second-order valence-corrected chi connectivity index (χ2v) is 15.3. The molecule has 22 heteroatoms. The third kappa shape index (κ3) is 8.48. The molecule has 0 aliphatic carbocycles. The van der Waals surface area contributed by atoms with E-state index in [4.69, 9.17) is 4.74 Å². The molecule has 5 rings (SSSR count). The normalized spacial score (nSPS) is 13.4. The third-order valence-corrected chi connectivity index (χ3v) is 9.93. The van der Waals surface area contributed by atoms with Gasteiger partial charge < -0.3 is 20.1 Å². The fourth-order valence-corrected chi connectivity index (χ4v) is 7.00. The van der Waals surface area contributed by atoms with Crippen molar-refractivity contribution >= 4 is 97.8 Å². The Hall–Kier alpha value is -5.91. The largest absolute Gasteiger partial charge is 0.505 e. The number of phenolic OH excluding ortho intramolecular Hbond substituents is 1. The Kier molecular flexibility index (Phi) is 10.8. The standard InChI is InChI=1S/C32H28N6O13S3/c1-4-51-27-15-26(37-35-23-9-5-18(33-16(2)39)13-29(23)54(48,49)50)22-14-19(52(42,43)44)6-7-20(22)31(27)38-36-25-10-8-21-28(53(45,46)47)12-11-24(34-17(3)40)30(21)32(25)41/h5-15,41H,4H2,1-3H3,(H,33,39)(H,34,40)(H,42,43,44)(H,45,46,47)(H,48,49,50). The van der Waals surface area contributed by atoms with Gasteiger partial charge in [-0.25, -0.2) is 9.98 Å². The van der Waals surface area contributed by atoms with Gasteiger partial charge in [-0.1, -0.05) is 12.1 Å². The lowest BCUT2D eigenvalue weighted by Crippen LogP contribution is -1.99. The lowest BCUT2D eigenvalue weighted by atomic mass is 10.1. The van der Waals surface area contributed by atoms with Gasteiger partial charge in [0.25, 0.3) is 30.4 Å². The van der Waals surface area contributed by atoms with Crippen LogP contribution >= 0.6 is 0 Å². The van der Waals surface area contributed by atoms with E-state index < -0.39 is 62.6 Å². The fraction of sp³-hybridized carbons (Fsp3) is 0.125. The van der Waals surface area contributed by atoms with E-state index in [-0.39, 0.29) is 68.0 Å². The van der Waals surface area contributed by atoms with Crippen molar-refractivity contribution in [2.24, 2.45) is 30.4 Å². The highest BCUT2D eigenvalue weighted by Gasteiger charge is 2.22. The van der Waals surface area contributed by atoms with Crippen LogP contribution < -0.4 is 4.74 Å². The lowest BCUT2D eigenvalue weighted by Gasteiger charge is -2.13. The van der Waals surface area contributed by atoms with Gasteiger partial charge in [0, 0.05) is 36.1 Å². The van der Waals surface area contributed by atoms with E-state index in [1.165, 1.54) is 44.2 Å². The summed E-state index contributed by atoms with van der Waals surface area (Å²) in [6, 6.07) is 12.5. The van der Waals surface area contributed by atoms with Crippen LogP contribution in [-0.4, -0.2) is 72.6 Å². The SMILES string of the molecule is CCOc1cc(N=Nc2ccc(N=C(C)O)cc2S(=O)(=O)O)c2cc(S(=O)(=O)O)ccc2c1N=Nc1ccc2c(S(=O)(=O)O)ccc(N=C(C)O)c2c1O. The van der Waals surface area contributed by atoms with Gasteiger partial charge in [-0.05, 0) is 55.5 Å². The van der Waals surface area contributed by atoms with Gasteiger partial charge in [0.2, 0.25) is 0 Å². The molecule has 0 aromatic heterocycles. The molecule has 0 aliphatic rings. The first-order valence-electron chi connectivity index (χ1n) is 15.1. The Morgan fingerprint density at radius 3 is 1.81 bits per heavy atom. The van der Waals surface area contributed by atoms with Crippen molar-refractivity contribution in [1.29, 1.82) is 0 Å². The average Bonchev–Trinajstić information content (AvgIpc) is 3.06. The van der Waals surface area contributed by atoms with Crippen LogP contribution in [0.5, 0.6) is 11.5 Å². The van der Waals surface area contributed by atoms with Crippen LogP contribution in [0.15, 0.2) is 112 Å². The molecule has 0 radical (unpaired) electrons. The summed E-state index contributed by atoms with van der Waals surface area (Å²) < 4.78 is 108. The first-order chi connectivity index (χ1) is 25.2. The fourth-order valence-electron chi connectivity index (χ4n) is 5.16. The van der Waals surface area contributed by atoms with E-state index in [0.29, 0.717) is 0 Å². The van der Waals surface area contributed by atoms with Gasteiger partial charge >= 0.3 is 0 Å². The maximum Gasteiger partial charge on any atom is 0.296 e. The Balaban J connectivity index is 1.75. The summed E-state index contributed by atoms with van der Waals surface area (Å²) in [6.07, 6.45) is 0. The summed E-state index contributed by atoms with van der Waals surface area (Å²) >= 11 is 0. The minimum Gasteiger partial charge on any atom is -0.505 e. The van der Waals surface area contributed by atoms with Gasteiger partial charge in [0.1, 0.15) is 32.6 Å². The molecule has 0 heterocycles. The van der Waals surface area contributed by atoms with Gasteiger partial charge in [0.05, 0.1) is 34.0 Å². The van der Waals surface area contributed by atoms with Crippen LogP contribution in [-0.2, 0) is 30.4 Å². The van der Waals surface area contributed by atoms with Crippen molar-refractivity contribution in [3.63, 3.8) is 0 Å². The Labute approximate surface area is 306 Å². The number of aliphatic imine (C=N–C) groups is 2. The Bertz CT molecular complexity index is 2810. The summed E-state index contributed by atoms with van der Waals surface area (Å²) in [6.45, 7) is 4.13. The highest BCUT2D eigenvalue weighted by Crippen LogP contribution is 2.47. The molecule has 54 heavy (non-hydrogen) atoms. The van der Waals surface area contributed by atoms with Gasteiger partial charge in [-0.15, -0.1) is 20.5 Å². The summed E-state index contributed by atoms with van der Waals surface area (Å²) in [4.78, 5) is 5.78. The van der Waals surface area contributed by atoms with Gasteiger partial charge in [-0.3, -0.25) is 13.7 Å². The first kappa shape index (κ1) is 39.3. The van der Waals surface area contributed by atoms with E-state index in [1.54, 1.807) is 6.92 Å². The molecule has 0 bridgehead atoms. The van der Waals surface area contributed by atoms with Crippen LogP contribution in [0.25, 0.3) is 21.5 Å². The predicted octanol–water partition coefficient (Wildman–Crippen LogP) is 7.88. The minimum atomic E-state index is -4.91. The summed E-state index contributed by atoms with van der Waals surface area (Å²) in [7, 11) is -14.5. The molecule has 0 saturated carbocycles. The zero-order valence-electron chi connectivity index (χ0n) is 28.0. The van der Waals surface area contributed by atoms with Crippen LogP contribution in [0.2, 0.25) is 0 Å². The molecule has 0 aliphatic heterocycles. The first-order valence-corrected chi connectivity index (χ1v) is 19.4. The maximum absolute atomic E-state index is 12.2. The zero-order chi connectivity index (χ0) is 39.7. The van der Waals surface area contributed by atoms with Crippen LogP contribution in [0.1, 0.15) is 20.8 Å². The number of hydrogen-bond acceptors (Lipinski definition) is 14. The van der Waals surface area contributed by atoms with E-state index >= 15 is 0 Å². The molecule has 6 N–H and O–H groups in total. The lowest BCUT2D eigenvalue weighted by molar-refractivity contribution is 0.342. The minimum absolute atomic E-state index is 0.0319. The average molecular weight is 801 g/mol.